The van der Waals surface area contributed by atoms with Crippen molar-refractivity contribution >= 4 is 44.2 Å². The SMILES string of the molecule is COC(=O)c1c2ccn(Cc3ccc([N+](=O)[O-])cc3)cc2c(C)c2c1nc1ccccc12. The van der Waals surface area contributed by atoms with Crippen molar-refractivity contribution in [1.82, 2.24) is 9.55 Å². The number of methoxy groups -OCH3 is 1. The fourth-order valence-electron chi connectivity index (χ4n) is 4.31. The summed E-state index contributed by atoms with van der Waals surface area (Å²) in [6.07, 6.45) is 3.89. The minimum Gasteiger partial charge on any atom is -0.465 e. The number of carbonyl (C=O) groups excluding carboxylic acids is 1. The predicted molar refractivity (Wildman–Crippen MR) is 123 cm³/mol. The number of ether oxygens (including phenoxy) is 1. The number of hydrogen-bond acceptors (Lipinski definition) is 5. The molecule has 158 valence electrons. The second-order valence-electron chi connectivity index (χ2n) is 7.71. The molecule has 0 aliphatic heterocycles. The van der Waals surface area contributed by atoms with Gasteiger partial charge in [-0.2, -0.15) is 0 Å². The molecule has 0 fully saturated rings. The number of esters is 1. The quantitative estimate of drug-likeness (QED) is 0.219. The lowest BCUT2D eigenvalue weighted by atomic mass is 9.96. The summed E-state index contributed by atoms with van der Waals surface area (Å²) in [4.78, 5) is 28.0. The molecule has 5 aromatic rings. The van der Waals surface area contributed by atoms with Gasteiger partial charge in [0, 0.05) is 52.6 Å². The lowest BCUT2D eigenvalue weighted by Gasteiger charge is -2.14. The molecule has 2 heterocycles. The Kier molecular flexibility index (Phi) is 4.59. The Bertz CT molecular complexity index is 1530. The number of aryl methyl sites for hydroxylation is 1. The van der Waals surface area contributed by atoms with Gasteiger partial charge in [0.05, 0.1) is 28.6 Å². The Labute approximate surface area is 183 Å². The van der Waals surface area contributed by atoms with Gasteiger partial charge in [-0.15, -0.1) is 0 Å². The molecule has 5 rings (SSSR count). The Balaban J connectivity index is 1.72. The number of para-hydroxylation sites is 1. The lowest BCUT2D eigenvalue weighted by molar-refractivity contribution is -0.384. The van der Waals surface area contributed by atoms with E-state index in [1.165, 1.54) is 19.2 Å². The molecule has 0 saturated carbocycles. The molecule has 32 heavy (non-hydrogen) atoms. The first-order valence-electron chi connectivity index (χ1n) is 10.1. The van der Waals surface area contributed by atoms with Crippen LogP contribution in [0.1, 0.15) is 21.5 Å². The third kappa shape index (κ3) is 3.06. The standard InChI is InChI=1S/C25H19N3O4/c1-15-20-14-27(13-16-7-9-17(10-8-16)28(30)31)12-11-18(20)23(25(29)32-2)24-22(15)19-5-3-4-6-21(19)26-24/h3-12,14H,13H2,1-2H3. The fraction of sp³-hybridized carbons (Fsp3) is 0.120. The third-order valence-corrected chi connectivity index (χ3v) is 5.85. The summed E-state index contributed by atoms with van der Waals surface area (Å²) >= 11 is 0. The Hall–Kier alpha value is -4.26. The summed E-state index contributed by atoms with van der Waals surface area (Å²) in [6.45, 7) is 2.58. The average molecular weight is 425 g/mol. The number of carbonyl (C=O) groups is 1. The number of pyridine rings is 1. The zero-order valence-corrected chi connectivity index (χ0v) is 17.5. The molecule has 0 aliphatic carbocycles. The zero-order chi connectivity index (χ0) is 22.4. The molecule has 0 bridgehead atoms. The van der Waals surface area contributed by atoms with Crippen molar-refractivity contribution in [3.05, 3.63) is 93.8 Å². The number of non-ortho nitro benzene ring substituents is 1. The van der Waals surface area contributed by atoms with Crippen LogP contribution in [-0.2, 0) is 11.3 Å². The van der Waals surface area contributed by atoms with Crippen LogP contribution in [0, 0.1) is 17.0 Å². The van der Waals surface area contributed by atoms with Crippen LogP contribution in [0.25, 0.3) is 32.6 Å². The topological polar surface area (TPSA) is 87.3 Å². The van der Waals surface area contributed by atoms with Gasteiger partial charge in [0.25, 0.3) is 5.69 Å². The number of nitro groups is 1. The van der Waals surface area contributed by atoms with E-state index in [-0.39, 0.29) is 5.69 Å². The number of nitrogens with zero attached hydrogens (tertiary/aromatic N) is 3. The zero-order valence-electron chi connectivity index (χ0n) is 17.5. The molecule has 0 N–H and O–H groups in total. The Morgan fingerprint density at radius 1 is 1.06 bits per heavy atom. The number of nitro benzene ring substituents is 1. The van der Waals surface area contributed by atoms with Crippen LogP contribution in [0.15, 0.2) is 67.0 Å². The van der Waals surface area contributed by atoms with Crippen LogP contribution in [0.2, 0.25) is 0 Å². The molecular formula is C25H19N3O4. The van der Waals surface area contributed by atoms with E-state index in [4.69, 9.17) is 9.72 Å². The van der Waals surface area contributed by atoms with Crippen molar-refractivity contribution in [3.8, 4) is 0 Å². The first-order valence-corrected chi connectivity index (χ1v) is 10.1. The number of aromatic nitrogens is 2. The molecule has 0 saturated heterocycles. The van der Waals surface area contributed by atoms with Gasteiger partial charge >= 0.3 is 5.97 Å². The Morgan fingerprint density at radius 2 is 1.81 bits per heavy atom. The second kappa shape index (κ2) is 7.46. The van der Waals surface area contributed by atoms with Gasteiger partial charge in [0.2, 0.25) is 0 Å². The lowest BCUT2D eigenvalue weighted by Crippen LogP contribution is -2.06. The van der Waals surface area contributed by atoms with Crippen molar-refractivity contribution in [3.63, 3.8) is 0 Å². The largest absolute Gasteiger partial charge is 0.465 e. The normalized spacial score (nSPS) is 11.3. The maximum absolute atomic E-state index is 12.8. The summed E-state index contributed by atoms with van der Waals surface area (Å²) in [6, 6.07) is 16.3. The van der Waals surface area contributed by atoms with Crippen molar-refractivity contribution < 1.29 is 14.5 Å². The highest BCUT2D eigenvalue weighted by atomic mass is 16.6. The molecule has 0 amide bonds. The monoisotopic (exact) mass is 425 g/mol. The van der Waals surface area contributed by atoms with Crippen LogP contribution in [0.4, 0.5) is 5.69 Å². The van der Waals surface area contributed by atoms with Crippen LogP contribution in [0.3, 0.4) is 0 Å². The van der Waals surface area contributed by atoms with Gasteiger partial charge in [0.1, 0.15) is 0 Å². The maximum atomic E-state index is 12.8. The van der Waals surface area contributed by atoms with Crippen LogP contribution < -0.4 is 0 Å². The van der Waals surface area contributed by atoms with E-state index in [1.54, 1.807) is 12.1 Å². The highest BCUT2D eigenvalue weighted by molar-refractivity contribution is 6.23. The summed E-state index contributed by atoms with van der Waals surface area (Å²) in [5.41, 5.74) is 3.98. The smallest absolute Gasteiger partial charge is 0.340 e. The number of hydrogen-bond donors (Lipinski definition) is 0. The van der Waals surface area contributed by atoms with E-state index in [0.29, 0.717) is 17.6 Å². The molecule has 0 atom stereocenters. The van der Waals surface area contributed by atoms with E-state index >= 15 is 0 Å². The van der Waals surface area contributed by atoms with Gasteiger partial charge < -0.3 is 9.30 Å². The van der Waals surface area contributed by atoms with Gasteiger partial charge in [-0.3, -0.25) is 10.1 Å². The molecule has 7 nitrogen and oxygen atoms in total. The molecule has 7 heteroatoms. The third-order valence-electron chi connectivity index (χ3n) is 5.85. The fourth-order valence-corrected chi connectivity index (χ4v) is 4.31. The van der Waals surface area contributed by atoms with Crippen molar-refractivity contribution in [1.29, 1.82) is 0 Å². The van der Waals surface area contributed by atoms with E-state index in [0.717, 1.165) is 38.2 Å². The summed E-state index contributed by atoms with van der Waals surface area (Å²) < 4.78 is 7.11. The average Bonchev–Trinajstić information content (AvgIpc) is 3.19. The first-order chi connectivity index (χ1) is 15.5. The highest BCUT2D eigenvalue weighted by Crippen LogP contribution is 2.37. The molecular weight excluding hydrogens is 406 g/mol. The van der Waals surface area contributed by atoms with Crippen molar-refractivity contribution in [2.75, 3.05) is 7.11 Å². The molecule has 0 aliphatic rings. The number of rotatable bonds is 4. The van der Waals surface area contributed by atoms with Gasteiger partial charge in [-0.25, -0.2) is 9.78 Å². The molecule has 2 aromatic heterocycles. The molecule has 0 spiro atoms. The minimum atomic E-state index is -0.420. The molecule has 0 radical (unpaired) electrons. The van der Waals surface area contributed by atoms with Gasteiger partial charge in [-0.05, 0) is 30.2 Å². The highest BCUT2D eigenvalue weighted by Gasteiger charge is 2.22. The van der Waals surface area contributed by atoms with Gasteiger partial charge in [0.15, 0.2) is 0 Å². The van der Waals surface area contributed by atoms with Crippen molar-refractivity contribution in [2.45, 2.75) is 13.5 Å². The maximum Gasteiger partial charge on any atom is 0.340 e. The van der Waals surface area contributed by atoms with E-state index in [2.05, 4.69) is 0 Å². The van der Waals surface area contributed by atoms with E-state index in [9.17, 15) is 14.9 Å². The molecule has 0 unspecified atom stereocenters. The first kappa shape index (κ1) is 19.7. The number of benzene rings is 3. The predicted octanol–water partition coefficient (Wildman–Crippen LogP) is 5.39. The van der Waals surface area contributed by atoms with E-state index in [1.807, 2.05) is 54.2 Å². The minimum absolute atomic E-state index is 0.0637. The van der Waals surface area contributed by atoms with Gasteiger partial charge in [-0.1, -0.05) is 30.3 Å². The summed E-state index contributed by atoms with van der Waals surface area (Å²) in [7, 11) is 1.38. The van der Waals surface area contributed by atoms with Crippen LogP contribution >= 0.6 is 0 Å². The van der Waals surface area contributed by atoms with E-state index < -0.39 is 10.9 Å². The Morgan fingerprint density at radius 3 is 2.53 bits per heavy atom. The summed E-state index contributed by atoms with van der Waals surface area (Å²) in [5.74, 6) is -0.420. The van der Waals surface area contributed by atoms with Crippen LogP contribution in [0.5, 0.6) is 0 Å². The summed E-state index contributed by atoms with van der Waals surface area (Å²) in [5, 5.41) is 14.6. The number of fused-ring (bicyclic) bond motifs is 4. The van der Waals surface area contributed by atoms with Crippen molar-refractivity contribution in [2.24, 2.45) is 0 Å². The second-order valence-corrected chi connectivity index (χ2v) is 7.71. The van der Waals surface area contributed by atoms with Crippen LogP contribution in [-0.4, -0.2) is 27.6 Å². The molecule has 3 aromatic carbocycles.